The first-order valence-corrected chi connectivity index (χ1v) is 12.6. The van der Waals surface area contributed by atoms with Crippen LogP contribution in [0.4, 0.5) is 5.69 Å². The highest BCUT2D eigenvalue weighted by atomic mass is 35.5. The SMILES string of the molecule is CN1C=CN(c2ccc(-c3ccc(-c4nc5nc(O[C@@H]6CO[C@H]7[C@@H]6OC[C@H]7O)[nH]c5cc4Cl)cc3)nc2)N1. The number of halogens is 1. The fourth-order valence-electron chi connectivity index (χ4n) is 4.89. The van der Waals surface area contributed by atoms with Crippen LogP contribution in [0.1, 0.15) is 0 Å². The number of aromatic amines is 1. The molecule has 0 unspecified atom stereocenters. The summed E-state index contributed by atoms with van der Waals surface area (Å²) in [5.74, 6) is 0. The number of pyridine rings is 2. The van der Waals surface area contributed by atoms with Crippen LogP contribution >= 0.6 is 11.6 Å². The van der Waals surface area contributed by atoms with Crippen LogP contribution < -0.4 is 15.3 Å². The van der Waals surface area contributed by atoms with E-state index in [0.717, 1.165) is 22.5 Å². The molecule has 4 aromatic rings. The third-order valence-corrected chi connectivity index (χ3v) is 7.12. The Morgan fingerprint density at radius 1 is 1.03 bits per heavy atom. The summed E-state index contributed by atoms with van der Waals surface area (Å²) in [5.41, 5.74) is 8.56. The Morgan fingerprint density at radius 3 is 2.61 bits per heavy atom. The number of fused-ring (bicyclic) bond motifs is 2. The van der Waals surface area contributed by atoms with Gasteiger partial charge in [0.1, 0.15) is 18.3 Å². The summed E-state index contributed by atoms with van der Waals surface area (Å²) < 4.78 is 17.2. The predicted molar refractivity (Wildman–Crippen MR) is 140 cm³/mol. The molecular weight excluding hydrogens is 510 g/mol. The number of aliphatic hydroxyl groups is 1. The van der Waals surface area contributed by atoms with Crippen molar-refractivity contribution >= 4 is 28.5 Å². The summed E-state index contributed by atoms with van der Waals surface area (Å²) in [6, 6.07) is 14.0. The number of imidazole rings is 1. The van der Waals surface area contributed by atoms with Gasteiger partial charge in [0.2, 0.25) is 0 Å². The summed E-state index contributed by atoms with van der Waals surface area (Å²) >= 11 is 6.60. The average Bonchev–Trinajstić information content (AvgIpc) is 3.71. The molecule has 1 aromatic carbocycles. The zero-order valence-electron chi connectivity index (χ0n) is 20.3. The molecule has 4 atom stereocenters. The van der Waals surface area contributed by atoms with Crippen molar-refractivity contribution in [2.24, 2.45) is 0 Å². The zero-order chi connectivity index (χ0) is 25.8. The van der Waals surface area contributed by atoms with Gasteiger partial charge in [-0.15, -0.1) is 5.53 Å². The maximum atomic E-state index is 9.94. The van der Waals surface area contributed by atoms with Crippen LogP contribution in [0.25, 0.3) is 33.7 Å². The Labute approximate surface area is 222 Å². The number of hydrogen-bond acceptors (Lipinski definition) is 10. The van der Waals surface area contributed by atoms with Gasteiger partial charge in [0.15, 0.2) is 11.8 Å². The Bertz CT molecular complexity index is 1510. The molecule has 0 spiro atoms. The highest BCUT2D eigenvalue weighted by Crippen LogP contribution is 2.33. The molecule has 3 aromatic heterocycles. The molecule has 7 rings (SSSR count). The van der Waals surface area contributed by atoms with Crippen LogP contribution in [-0.4, -0.2) is 74.7 Å². The van der Waals surface area contributed by atoms with Crippen LogP contribution in [0.5, 0.6) is 6.01 Å². The van der Waals surface area contributed by atoms with E-state index in [1.165, 1.54) is 0 Å². The molecule has 6 heterocycles. The van der Waals surface area contributed by atoms with Crippen LogP contribution in [-0.2, 0) is 9.47 Å². The van der Waals surface area contributed by atoms with E-state index >= 15 is 0 Å². The van der Waals surface area contributed by atoms with Crippen LogP contribution in [0.15, 0.2) is 61.1 Å². The molecule has 0 radical (unpaired) electrons. The number of aromatic nitrogens is 4. The van der Waals surface area contributed by atoms with Gasteiger partial charge in [-0.2, -0.15) is 4.98 Å². The van der Waals surface area contributed by atoms with E-state index < -0.39 is 6.10 Å². The van der Waals surface area contributed by atoms with Crippen LogP contribution in [0.3, 0.4) is 0 Å². The third-order valence-electron chi connectivity index (χ3n) is 6.83. The van der Waals surface area contributed by atoms with E-state index in [1.807, 2.05) is 72.1 Å². The second-order valence-electron chi connectivity index (χ2n) is 9.41. The van der Waals surface area contributed by atoms with E-state index in [9.17, 15) is 5.11 Å². The lowest BCUT2D eigenvalue weighted by Gasteiger charge is -2.19. The monoisotopic (exact) mass is 533 g/mol. The Balaban J connectivity index is 1.09. The largest absolute Gasteiger partial charge is 0.456 e. The van der Waals surface area contributed by atoms with Crippen molar-refractivity contribution in [2.45, 2.75) is 24.4 Å². The highest BCUT2D eigenvalue weighted by molar-refractivity contribution is 6.33. The normalized spacial score (nSPS) is 24.5. The maximum Gasteiger partial charge on any atom is 0.296 e. The van der Waals surface area contributed by atoms with Crippen molar-refractivity contribution < 1.29 is 19.3 Å². The lowest BCUT2D eigenvalue weighted by atomic mass is 10.1. The first-order chi connectivity index (χ1) is 18.5. The molecule has 2 fully saturated rings. The number of aliphatic hydroxyl groups excluding tert-OH is 1. The van der Waals surface area contributed by atoms with Crippen LogP contribution in [0.2, 0.25) is 5.02 Å². The molecule has 3 N–H and O–H groups in total. The lowest BCUT2D eigenvalue weighted by molar-refractivity contribution is 0.00706. The number of rotatable bonds is 5. The molecule has 3 aliphatic rings. The Morgan fingerprint density at radius 2 is 1.84 bits per heavy atom. The number of hydrazine groups is 2. The quantitative estimate of drug-likeness (QED) is 0.353. The molecule has 2 saturated heterocycles. The van der Waals surface area contributed by atoms with Crippen molar-refractivity contribution in [2.75, 3.05) is 25.3 Å². The number of anilines is 1. The smallest absolute Gasteiger partial charge is 0.296 e. The predicted octanol–water partition coefficient (Wildman–Crippen LogP) is 2.89. The van der Waals surface area contributed by atoms with Gasteiger partial charge in [0, 0.05) is 30.6 Å². The minimum atomic E-state index is -0.638. The van der Waals surface area contributed by atoms with Gasteiger partial charge in [0.05, 0.1) is 47.0 Å². The van der Waals surface area contributed by atoms with Gasteiger partial charge in [-0.25, -0.2) is 4.98 Å². The molecule has 3 aliphatic heterocycles. The highest BCUT2D eigenvalue weighted by Gasteiger charge is 2.48. The standard InChI is InChI=1S/C26H24ClN7O4/c1-33-8-9-34(32-33)16-6-7-18(28-11-16)14-2-4-15(5-3-14)22-17(27)10-19-25(30-22)31-26(29-19)38-21-13-37-23-20(35)12-36-24(21)23/h2-11,20-21,23-24,32,35H,12-13H2,1H3,(H,29,30,31)/t20-,21-,23-,24-/m1/s1. The van der Waals surface area contributed by atoms with Crippen molar-refractivity contribution in [3.8, 4) is 28.5 Å². The van der Waals surface area contributed by atoms with Gasteiger partial charge in [0.25, 0.3) is 6.01 Å². The minimum Gasteiger partial charge on any atom is -0.456 e. The fourth-order valence-corrected chi connectivity index (χ4v) is 5.15. The molecular formula is C26H24ClN7O4. The van der Waals surface area contributed by atoms with E-state index in [0.29, 0.717) is 34.5 Å². The first kappa shape index (κ1) is 23.4. The number of H-pyrrole nitrogens is 1. The second kappa shape index (κ2) is 9.22. The van der Waals surface area contributed by atoms with Crippen molar-refractivity contribution in [1.82, 2.24) is 30.5 Å². The number of ether oxygens (including phenoxy) is 3. The van der Waals surface area contributed by atoms with E-state index in [1.54, 1.807) is 6.07 Å². The molecule has 12 heteroatoms. The number of benzene rings is 1. The van der Waals surface area contributed by atoms with Gasteiger partial charge in [-0.05, 0) is 18.2 Å². The minimum absolute atomic E-state index is 0.238. The first-order valence-electron chi connectivity index (χ1n) is 12.2. The average molecular weight is 534 g/mol. The van der Waals surface area contributed by atoms with Crippen molar-refractivity contribution in [3.05, 3.63) is 66.1 Å². The molecule has 0 bridgehead atoms. The summed E-state index contributed by atoms with van der Waals surface area (Å²) in [6.07, 6.45) is 3.97. The fraction of sp³-hybridized carbons (Fsp3) is 0.269. The van der Waals surface area contributed by atoms with Crippen molar-refractivity contribution in [3.63, 3.8) is 0 Å². The second-order valence-corrected chi connectivity index (χ2v) is 9.82. The molecule has 0 aliphatic carbocycles. The van der Waals surface area contributed by atoms with Crippen molar-refractivity contribution in [1.29, 1.82) is 0 Å². The molecule has 38 heavy (non-hydrogen) atoms. The maximum absolute atomic E-state index is 9.94. The lowest BCUT2D eigenvalue weighted by Crippen LogP contribution is -2.36. The molecule has 0 amide bonds. The Hall–Kier alpha value is -3.74. The number of nitrogens with zero attached hydrogens (tertiary/aromatic N) is 5. The van der Waals surface area contributed by atoms with E-state index in [-0.39, 0.29) is 24.9 Å². The summed E-state index contributed by atoms with van der Waals surface area (Å²) in [7, 11) is 1.93. The van der Waals surface area contributed by atoms with Gasteiger partial charge in [-0.3, -0.25) is 15.0 Å². The Kier molecular flexibility index (Phi) is 5.68. The molecule has 0 saturated carbocycles. The number of hydrogen-bond donors (Lipinski definition) is 3. The third kappa shape index (κ3) is 4.14. The molecule has 11 nitrogen and oxygen atoms in total. The van der Waals surface area contributed by atoms with Crippen LogP contribution in [0, 0.1) is 0 Å². The van der Waals surface area contributed by atoms with Gasteiger partial charge < -0.3 is 24.3 Å². The van der Waals surface area contributed by atoms with Gasteiger partial charge >= 0.3 is 0 Å². The summed E-state index contributed by atoms with van der Waals surface area (Å²) in [4.78, 5) is 16.9. The van der Waals surface area contributed by atoms with E-state index in [2.05, 4.69) is 25.5 Å². The topological polar surface area (TPSA) is 121 Å². The summed E-state index contributed by atoms with van der Waals surface area (Å²) in [5, 5.41) is 14.2. The molecule has 194 valence electrons. The van der Waals surface area contributed by atoms with Gasteiger partial charge in [-0.1, -0.05) is 35.9 Å². The number of nitrogens with one attached hydrogen (secondary N) is 2. The summed E-state index contributed by atoms with van der Waals surface area (Å²) in [6.45, 7) is 0.553. The zero-order valence-corrected chi connectivity index (χ0v) is 21.0. The van der Waals surface area contributed by atoms with E-state index in [4.69, 9.17) is 25.8 Å².